The van der Waals surface area contributed by atoms with Crippen LogP contribution in [0.5, 0.6) is 0 Å². The van der Waals surface area contributed by atoms with Gasteiger partial charge in [-0.2, -0.15) is 5.10 Å². The van der Waals surface area contributed by atoms with Crippen LogP contribution in [0.4, 0.5) is 5.69 Å². The number of anilines is 1. The van der Waals surface area contributed by atoms with E-state index in [1.807, 2.05) is 30.3 Å². The van der Waals surface area contributed by atoms with Gasteiger partial charge >= 0.3 is 0 Å². The van der Waals surface area contributed by atoms with Gasteiger partial charge in [0.15, 0.2) is 0 Å². The summed E-state index contributed by atoms with van der Waals surface area (Å²) < 4.78 is 0. The van der Waals surface area contributed by atoms with Crippen molar-refractivity contribution in [2.24, 2.45) is 10.9 Å². The van der Waals surface area contributed by atoms with Crippen LogP contribution in [0.25, 0.3) is 0 Å². The Morgan fingerprint density at radius 2 is 1.72 bits per heavy atom. The molecule has 2 rings (SSSR count). The van der Waals surface area contributed by atoms with Gasteiger partial charge in [-0.25, -0.2) is 0 Å². The predicted octanol–water partition coefficient (Wildman–Crippen LogP) is 2.09. The number of benzene rings is 2. The standard InChI is InChI=1S/C13H12N3O2/c14-15-13(10-5-2-1-3-6-10)11-7-4-8-12(9-11)16(17)18/h1-9,17H,14H2/q-1/b15-13+. The number of nitrogens with two attached hydrogens (primary N) is 1. The van der Waals surface area contributed by atoms with Gasteiger partial charge in [0, 0.05) is 11.1 Å². The van der Waals surface area contributed by atoms with E-state index >= 15 is 0 Å². The Morgan fingerprint density at radius 3 is 2.33 bits per heavy atom. The second-order valence-corrected chi connectivity index (χ2v) is 3.67. The quantitative estimate of drug-likeness (QED) is 0.490. The Kier molecular flexibility index (Phi) is 3.57. The molecule has 5 nitrogen and oxygen atoms in total. The summed E-state index contributed by atoms with van der Waals surface area (Å²) in [5.41, 5.74) is 2.19. The molecule has 0 radical (unpaired) electrons. The number of hydrogen-bond acceptors (Lipinski definition) is 5. The number of nitrogens with zero attached hydrogens (tertiary/aromatic N) is 2. The maximum Gasteiger partial charge on any atom is 0.0972 e. The molecule has 0 atom stereocenters. The summed E-state index contributed by atoms with van der Waals surface area (Å²) in [6.07, 6.45) is 0. The van der Waals surface area contributed by atoms with Crippen molar-refractivity contribution < 1.29 is 5.21 Å². The molecule has 92 valence electrons. The maximum atomic E-state index is 10.8. The molecule has 0 fully saturated rings. The van der Waals surface area contributed by atoms with Crippen LogP contribution >= 0.6 is 0 Å². The third kappa shape index (κ3) is 2.48. The van der Waals surface area contributed by atoms with Crippen LogP contribution in [-0.2, 0) is 0 Å². The smallest absolute Gasteiger partial charge is 0.0972 e. The summed E-state index contributed by atoms with van der Waals surface area (Å²) >= 11 is 0. The number of rotatable bonds is 3. The fourth-order valence-electron chi connectivity index (χ4n) is 1.68. The van der Waals surface area contributed by atoms with Gasteiger partial charge in [0.1, 0.15) is 0 Å². The van der Waals surface area contributed by atoms with Crippen LogP contribution in [0.1, 0.15) is 11.1 Å². The van der Waals surface area contributed by atoms with Gasteiger partial charge in [0.25, 0.3) is 0 Å². The van der Waals surface area contributed by atoms with E-state index in [4.69, 9.17) is 11.0 Å². The highest BCUT2D eigenvalue weighted by atomic mass is 16.8. The van der Waals surface area contributed by atoms with Crippen LogP contribution in [0.15, 0.2) is 59.7 Å². The first kappa shape index (κ1) is 12.1. The highest BCUT2D eigenvalue weighted by molar-refractivity contribution is 6.13. The average Bonchev–Trinajstić information content (AvgIpc) is 2.41. The SMILES string of the molecule is N/N=C(\c1ccccc1)c1cccc(N([O-])O)c1. The summed E-state index contributed by atoms with van der Waals surface area (Å²) in [6, 6.07) is 15.8. The summed E-state index contributed by atoms with van der Waals surface area (Å²) in [7, 11) is 0. The summed E-state index contributed by atoms with van der Waals surface area (Å²) in [4.78, 5) is 0. The zero-order chi connectivity index (χ0) is 13.0. The van der Waals surface area contributed by atoms with Crippen molar-refractivity contribution in [2.75, 3.05) is 5.23 Å². The molecule has 0 aliphatic carbocycles. The van der Waals surface area contributed by atoms with Crippen LogP contribution in [-0.4, -0.2) is 10.9 Å². The lowest BCUT2D eigenvalue weighted by molar-refractivity contribution is 0.296. The molecular formula is C13H12N3O2-. The molecule has 0 aliphatic rings. The Balaban J connectivity index is 2.44. The van der Waals surface area contributed by atoms with Crippen LogP contribution in [0.2, 0.25) is 0 Å². The second kappa shape index (κ2) is 5.31. The van der Waals surface area contributed by atoms with Crippen molar-refractivity contribution in [2.45, 2.75) is 0 Å². The molecule has 0 saturated heterocycles. The number of hydrazone groups is 1. The first-order valence-electron chi connectivity index (χ1n) is 5.32. The van der Waals surface area contributed by atoms with Gasteiger partial charge in [-0.1, -0.05) is 42.5 Å². The molecule has 0 aromatic heterocycles. The monoisotopic (exact) mass is 242 g/mol. The molecule has 0 bridgehead atoms. The predicted molar refractivity (Wildman–Crippen MR) is 70.3 cm³/mol. The van der Waals surface area contributed by atoms with Gasteiger partial charge < -0.3 is 16.3 Å². The molecular weight excluding hydrogens is 230 g/mol. The zero-order valence-corrected chi connectivity index (χ0v) is 9.52. The minimum absolute atomic E-state index is 0.129. The van der Waals surface area contributed by atoms with E-state index in [0.717, 1.165) is 5.56 Å². The molecule has 2 aromatic rings. The van der Waals surface area contributed by atoms with Crippen molar-refractivity contribution in [1.82, 2.24) is 0 Å². The lowest BCUT2D eigenvalue weighted by Gasteiger charge is -2.22. The van der Waals surface area contributed by atoms with Gasteiger partial charge in [0.2, 0.25) is 0 Å². The average molecular weight is 242 g/mol. The first-order chi connectivity index (χ1) is 8.72. The molecule has 18 heavy (non-hydrogen) atoms. The van der Waals surface area contributed by atoms with Crippen molar-refractivity contribution in [3.05, 3.63) is 70.9 Å². The fraction of sp³-hybridized carbons (Fsp3) is 0. The normalized spacial score (nSPS) is 11.3. The van der Waals surface area contributed by atoms with E-state index < -0.39 is 0 Å². The van der Waals surface area contributed by atoms with Crippen LogP contribution < -0.4 is 11.1 Å². The highest BCUT2D eigenvalue weighted by Crippen LogP contribution is 2.17. The fourth-order valence-corrected chi connectivity index (χ4v) is 1.68. The molecule has 5 heteroatoms. The van der Waals surface area contributed by atoms with Crippen molar-refractivity contribution in [1.29, 1.82) is 0 Å². The lowest BCUT2D eigenvalue weighted by atomic mass is 10.0. The highest BCUT2D eigenvalue weighted by Gasteiger charge is 2.07. The molecule has 0 heterocycles. The van der Waals surface area contributed by atoms with Gasteiger partial charge in [-0.15, -0.1) is 0 Å². The van der Waals surface area contributed by atoms with Crippen molar-refractivity contribution in [3.8, 4) is 0 Å². The molecule has 2 aromatic carbocycles. The molecule has 0 amide bonds. The topological polar surface area (TPSA) is 84.9 Å². The van der Waals surface area contributed by atoms with Crippen LogP contribution in [0.3, 0.4) is 0 Å². The van der Waals surface area contributed by atoms with E-state index in [2.05, 4.69) is 5.10 Å². The Labute approximate surface area is 104 Å². The largest absolute Gasteiger partial charge is 0.733 e. The van der Waals surface area contributed by atoms with E-state index in [1.54, 1.807) is 12.1 Å². The minimum Gasteiger partial charge on any atom is -0.733 e. The third-order valence-corrected chi connectivity index (χ3v) is 2.52. The summed E-state index contributed by atoms with van der Waals surface area (Å²) in [6.45, 7) is 0. The molecule has 3 N–H and O–H groups in total. The van der Waals surface area contributed by atoms with Gasteiger partial charge in [-0.3, -0.25) is 5.21 Å². The van der Waals surface area contributed by atoms with E-state index in [0.29, 0.717) is 11.3 Å². The van der Waals surface area contributed by atoms with Gasteiger partial charge in [0.05, 0.1) is 11.4 Å². The molecule has 0 spiro atoms. The molecule has 0 unspecified atom stereocenters. The summed E-state index contributed by atoms with van der Waals surface area (Å²) in [5.74, 6) is 5.40. The Hall–Kier alpha value is -2.37. The summed E-state index contributed by atoms with van der Waals surface area (Å²) in [5, 5.41) is 23.3. The third-order valence-electron chi connectivity index (χ3n) is 2.52. The zero-order valence-electron chi connectivity index (χ0n) is 9.52. The first-order valence-corrected chi connectivity index (χ1v) is 5.32. The Bertz CT molecular complexity index is 553. The lowest BCUT2D eigenvalue weighted by Crippen LogP contribution is -2.10. The van der Waals surface area contributed by atoms with E-state index in [-0.39, 0.29) is 10.9 Å². The molecule has 0 aliphatic heterocycles. The molecule has 0 saturated carbocycles. The van der Waals surface area contributed by atoms with Gasteiger partial charge in [-0.05, 0) is 12.1 Å². The van der Waals surface area contributed by atoms with Crippen molar-refractivity contribution in [3.63, 3.8) is 0 Å². The minimum atomic E-state index is -0.192. The van der Waals surface area contributed by atoms with Crippen molar-refractivity contribution >= 4 is 11.4 Å². The maximum absolute atomic E-state index is 10.8. The van der Waals surface area contributed by atoms with E-state index in [9.17, 15) is 5.21 Å². The van der Waals surface area contributed by atoms with Crippen LogP contribution in [0, 0.1) is 5.21 Å². The Morgan fingerprint density at radius 1 is 1.06 bits per heavy atom. The number of hydrogen-bond donors (Lipinski definition) is 2. The van der Waals surface area contributed by atoms with E-state index in [1.165, 1.54) is 12.1 Å². The second-order valence-electron chi connectivity index (χ2n) is 3.67.